The minimum Gasteiger partial charge on any atom is -0.383 e. The molecule has 0 amide bonds. The Balaban J connectivity index is 2.60. The first-order chi connectivity index (χ1) is 7.71. The minimum absolute atomic E-state index is 0.137. The van der Waals surface area contributed by atoms with E-state index in [1.54, 1.807) is 14.0 Å². The molecule has 0 fully saturated rings. The molecule has 1 heterocycles. The normalized spacial score (nSPS) is 15.0. The summed E-state index contributed by atoms with van der Waals surface area (Å²) in [6.07, 6.45) is 1.94. The fraction of sp³-hybridized carbons (Fsp3) is 0.818. The van der Waals surface area contributed by atoms with Crippen LogP contribution < -0.4 is 5.32 Å². The van der Waals surface area contributed by atoms with Gasteiger partial charge < -0.3 is 14.6 Å². The number of methoxy groups -OCH3 is 1. The molecular weight excluding hydrogens is 206 g/mol. The molecule has 1 rings (SSSR count). The van der Waals surface area contributed by atoms with Gasteiger partial charge in [0.05, 0.1) is 12.6 Å². The van der Waals surface area contributed by atoms with Crippen molar-refractivity contribution >= 4 is 0 Å². The predicted molar refractivity (Wildman–Crippen MR) is 61.2 cm³/mol. The fourth-order valence-corrected chi connectivity index (χ4v) is 1.60. The Bertz CT molecular complexity index is 301. The number of aryl methyl sites for hydroxylation is 1. The van der Waals surface area contributed by atoms with E-state index in [-0.39, 0.29) is 6.04 Å². The van der Waals surface area contributed by atoms with Crippen molar-refractivity contribution < 1.29 is 9.26 Å². The Hall–Kier alpha value is -0.940. The van der Waals surface area contributed by atoms with Crippen LogP contribution in [0.25, 0.3) is 0 Å². The summed E-state index contributed by atoms with van der Waals surface area (Å²) in [5.74, 6) is 1.34. The Labute approximate surface area is 96.6 Å². The largest absolute Gasteiger partial charge is 0.383 e. The standard InChI is InChI=1S/C11H21N3O2/c1-5-9(7-15-4)13-10(6-2)11-12-8(3)16-14-11/h9-10,13H,5-7H2,1-4H3. The second-order valence-electron chi connectivity index (χ2n) is 3.86. The lowest BCUT2D eigenvalue weighted by Crippen LogP contribution is -2.36. The molecule has 5 nitrogen and oxygen atoms in total. The highest BCUT2D eigenvalue weighted by Gasteiger charge is 2.18. The summed E-state index contributed by atoms with van der Waals surface area (Å²) in [6, 6.07) is 0.464. The van der Waals surface area contributed by atoms with E-state index in [0.29, 0.717) is 18.5 Å². The minimum atomic E-state index is 0.137. The van der Waals surface area contributed by atoms with Crippen molar-refractivity contribution in [3.8, 4) is 0 Å². The second-order valence-corrected chi connectivity index (χ2v) is 3.86. The summed E-state index contributed by atoms with van der Waals surface area (Å²) in [5, 5.41) is 7.42. The highest BCUT2D eigenvalue weighted by atomic mass is 16.5. The van der Waals surface area contributed by atoms with Crippen molar-refractivity contribution in [2.75, 3.05) is 13.7 Å². The maximum absolute atomic E-state index is 5.15. The van der Waals surface area contributed by atoms with E-state index in [2.05, 4.69) is 29.3 Å². The summed E-state index contributed by atoms with van der Waals surface area (Å²) in [5.41, 5.74) is 0. The molecule has 0 saturated carbocycles. The Morgan fingerprint density at radius 2 is 2.12 bits per heavy atom. The monoisotopic (exact) mass is 227 g/mol. The zero-order valence-corrected chi connectivity index (χ0v) is 10.5. The molecular formula is C11H21N3O2. The molecule has 16 heavy (non-hydrogen) atoms. The van der Waals surface area contributed by atoms with Gasteiger partial charge in [-0.2, -0.15) is 4.98 Å². The maximum Gasteiger partial charge on any atom is 0.223 e. The molecule has 0 radical (unpaired) electrons. The summed E-state index contributed by atoms with van der Waals surface area (Å²) in [6.45, 7) is 6.73. The van der Waals surface area contributed by atoms with Gasteiger partial charge in [-0.05, 0) is 12.8 Å². The first-order valence-corrected chi connectivity index (χ1v) is 5.76. The zero-order chi connectivity index (χ0) is 12.0. The molecule has 5 heteroatoms. The lowest BCUT2D eigenvalue weighted by molar-refractivity contribution is 0.156. The van der Waals surface area contributed by atoms with Crippen molar-refractivity contribution in [1.82, 2.24) is 15.5 Å². The molecule has 0 aliphatic rings. The Kier molecular flexibility index (Phi) is 5.42. The van der Waals surface area contributed by atoms with Crippen LogP contribution in [-0.2, 0) is 4.74 Å². The van der Waals surface area contributed by atoms with Crippen LogP contribution >= 0.6 is 0 Å². The molecule has 0 aliphatic carbocycles. The van der Waals surface area contributed by atoms with E-state index >= 15 is 0 Å². The van der Waals surface area contributed by atoms with Gasteiger partial charge in [0.15, 0.2) is 5.82 Å². The van der Waals surface area contributed by atoms with Gasteiger partial charge in [-0.25, -0.2) is 0 Å². The zero-order valence-electron chi connectivity index (χ0n) is 10.5. The molecule has 0 aliphatic heterocycles. The van der Waals surface area contributed by atoms with Crippen LogP contribution in [0.1, 0.15) is 44.4 Å². The number of hydrogen-bond acceptors (Lipinski definition) is 5. The predicted octanol–water partition coefficient (Wildman–Crippen LogP) is 1.84. The summed E-state index contributed by atoms with van der Waals surface area (Å²) < 4.78 is 10.1. The number of aromatic nitrogens is 2. The molecule has 1 aromatic heterocycles. The van der Waals surface area contributed by atoms with Crippen LogP contribution in [0.3, 0.4) is 0 Å². The summed E-state index contributed by atoms with van der Waals surface area (Å²) in [4.78, 5) is 4.25. The lowest BCUT2D eigenvalue weighted by atomic mass is 10.1. The van der Waals surface area contributed by atoms with E-state index in [1.165, 1.54) is 0 Å². The first kappa shape index (κ1) is 13.1. The number of nitrogens with one attached hydrogen (secondary N) is 1. The van der Waals surface area contributed by atoms with Crippen LogP contribution in [0.5, 0.6) is 0 Å². The molecule has 0 bridgehead atoms. The molecule has 0 aromatic carbocycles. The molecule has 0 saturated heterocycles. The van der Waals surface area contributed by atoms with E-state index in [4.69, 9.17) is 9.26 Å². The third-order valence-electron chi connectivity index (χ3n) is 2.56. The van der Waals surface area contributed by atoms with Crippen LogP contribution in [-0.4, -0.2) is 29.9 Å². The van der Waals surface area contributed by atoms with Crippen molar-refractivity contribution in [3.05, 3.63) is 11.7 Å². The quantitative estimate of drug-likeness (QED) is 0.770. The van der Waals surface area contributed by atoms with Crippen molar-refractivity contribution in [1.29, 1.82) is 0 Å². The molecule has 1 N–H and O–H groups in total. The fourth-order valence-electron chi connectivity index (χ4n) is 1.60. The average Bonchev–Trinajstić information content (AvgIpc) is 2.71. The van der Waals surface area contributed by atoms with Crippen LogP contribution in [0.4, 0.5) is 0 Å². The van der Waals surface area contributed by atoms with Crippen molar-refractivity contribution in [2.24, 2.45) is 0 Å². The van der Waals surface area contributed by atoms with Gasteiger partial charge in [0.2, 0.25) is 5.89 Å². The van der Waals surface area contributed by atoms with Gasteiger partial charge >= 0.3 is 0 Å². The smallest absolute Gasteiger partial charge is 0.223 e. The van der Waals surface area contributed by atoms with Gasteiger partial charge in [-0.15, -0.1) is 0 Å². The van der Waals surface area contributed by atoms with Crippen LogP contribution in [0, 0.1) is 6.92 Å². The van der Waals surface area contributed by atoms with Gasteiger partial charge in [-0.3, -0.25) is 0 Å². The molecule has 0 spiro atoms. The lowest BCUT2D eigenvalue weighted by Gasteiger charge is -2.21. The van der Waals surface area contributed by atoms with Crippen LogP contribution in [0.2, 0.25) is 0 Å². The van der Waals surface area contributed by atoms with Crippen LogP contribution in [0.15, 0.2) is 4.52 Å². The first-order valence-electron chi connectivity index (χ1n) is 5.76. The SMILES string of the molecule is CCC(COC)NC(CC)c1noc(C)n1. The average molecular weight is 227 g/mol. The third-order valence-corrected chi connectivity index (χ3v) is 2.56. The molecule has 1 aromatic rings. The highest BCUT2D eigenvalue weighted by molar-refractivity contribution is 4.93. The maximum atomic E-state index is 5.15. The van der Waals surface area contributed by atoms with E-state index in [1.807, 2.05) is 0 Å². The Morgan fingerprint density at radius 1 is 1.38 bits per heavy atom. The van der Waals surface area contributed by atoms with Crippen molar-refractivity contribution in [2.45, 2.75) is 45.7 Å². The number of hydrogen-bond donors (Lipinski definition) is 1. The van der Waals surface area contributed by atoms with Gasteiger partial charge in [0, 0.05) is 20.1 Å². The number of rotatable bonds is 7. The Morgan fingerprint density at radius 3 is 2.56 bits per heavy atom. The van der Waals surface area contributed by atoms with Gasteiger partial charge in [-0.1, -0.05) is 19.0 Å². The van der Waals surface area contributed by atoms with Crippen molar-refractivity contribution in [3.63, 3.8) is 0 Å². The van der Waals surface area contributed by atoms with E-state index < -0.39 is 0 Å². The summed E-state index contributed by atoms with van der Waals surface area (Å²) >= 11 is 0. The second kappa shape index (κ2) is 6.60. The number of ether oxygens (including phenoxy) is 1. The third kappa shape index (κ3) is 3.57. The van der Waals surface area contributed by atoms with E-state index in [9.17, 15) is 0 Å². The molecule has 2 atom stereocenters. The topological polar surface area (TPSA) is 60.2 Å². The molecule has 92 valence electrons. The van der Waals surface area contributed by atoms with Gasteiger partial charge in [0.1, 0.15) is 0 Å². The number of nitrogens with zero attached hydrogens (tertiary/aromatic N) is 2. The summed E-state index contributed by atoms with van der Waals surface area (Å²) in [7, 11) is 1.71. The highest BCUT2D eigenvalue weighted by Crippen LogP contribution is 2.14. The van der Waals surface area contributed by atoms with Gasteiger partial charge in [0.25, 0.3) is 0 Å². The molecule has 2 unspecified atom stereocenters. The van der Waals surface area contributed by atoms with E-state index in [0.717, 1.165) is 18.7 Å².